The zero-order valence-electron chi connectivity index (χ0n) is 16.6. The molecule has 1 unspecified atom stereocenters. The van der Waals surface area contributed by atoms with Crippen LogP contribution in [-0.4, -0.2) is 21.9 Å². The highest BCUT2D eigenvalue weighted by atomic mass is 19.4. The van der Waals surface area contributed by atoms with Gasteiger partial charge in [-0.1, -0.05) is 13.0 Å². The maximum Gasteiger partial charge on any atom is 0.433 e. The van der Waals surface area contributed by atoms with Crippen molar-refractivity contribution < 1.29 is 31.1 Å². The fourth-order valence-electron chi connectivity index (χ4n) is 2.97. The molecule has 0 fully saturated rings. The van der Waals surface area contributed by atoms with Crippen molar-refractivity contribution in [1.82, 2.24) is 9.97 Å². The number of carbonyl (C=O) groups is 1. The lowest BCUT2D eigenvalue weighted by Gasteiger charge is -2.18. The van der Waals surface area contributed by atoms with Gasteiger partial charge in [0, 0.05) is 29.1 Å². The number of nitrogens with two attached hydrogens (primary N) is 1. The summed E-state index contributed by atoms with van der Waals surface area (Å²) in [4.78, 5) is 20.3. The van der Waals surface area contributed by atoms with Crippen LogP contribution >= 0.6 is 0 Å². The first-order chi connectivity index (χ1) is 14.9. The maximum atomic E-state index is 13.2. The molecule has 0 aliphatic rings. The van der Waals surface area contributed by atoms with Crippen molar-refractivity contribution >= 4 is 5.78 Å². The van der Waals surface area contributed by atoms with Gasteiger partial charge in [0.2, 0.25) is 0 Å². The lowest BCUT2D eigenvalue weighted by molar-refractivity contribution is -0.149. The number of hydrogen-bond donors (Lipinski definition) is 1. The van der Waals surface area contributed by atoms with Gasteiger partial charge in [0.15, 0.2) is 5.78 Å². The molecule has 1 atom stereocenters. The molecule has 32 heavy (non-hydrogen) atoms. The smallest absolute Gasteiger partial charge is 0.316 e. The predicted octanol–water partition coefficient (Wildman–Crippen LogP) is 5.52. The summed E-state index contributed by atoms with van der Waals surface area (Å²) in [5.74, 6) is -0.797. The van der Waals surface area contributed by atoms with E-state index in [1.165, 1.54) is 12.1 Å². The van der Waals surface area contributed by atoms with Crippen LogP contribution in [-0.2, 0) is 12.6 Å². The molecule has 2 heterocycles. The summed E-state index contributed by atoms with van der Waals surface area (Å²) in [6, 6.07) is 6.02. The van der Waals surface area contributed by atoms with Crippen LogP contribution in [0.15, 0.2) is 54.9 Å². The molecule has 3 aromatic rings. The third-order valence-corrected chi connectivity index (χ3v) is 4.77. The number of nitrogens with zero attached hydrogens (tertiary/aromatic N) is 2. The molecule has 3 rings (SSSR count). The van der Waals surface area contributed by atoms with Gasteiger partial charge in [0.1, 0.15) is 11.7 Å². The number of alkyl halides is 6. The summed E-state index contributed by atoms with van der Waals surface area (Å²) in [6.07, 6.45) is -6.46. The van der Waals surface area contributed by atoms with Crippen molar-refractivity contribution in [2.24, 2.45) is 5.73 Å². The first-order valence-electron chi connectivity index (χ1n) is 9.40. The summed E-state index contributed by atoms with van der Waals surface area (Å²) >= 11 is 0. The van der Waals surface area contributed by atoms with E-state index in [1.54, 1.807) is 18.3 Å². The van der Waals surface area contributed by atoms with E-state index >= 15 is 0 Å². The van der Waals surface area contributed by atoms with E-state index < -0.39 is 29.9 Å². The third kappa shape index (κ3) is 5.13. The van der Waals surface area contributed by atoms with Crippen LogP contribution in [0.3, 0.4) is 0 Å². The van der Waals surface area contributed by atoms with Crippen molar-refractivity contribution in [3.63, 3.8) is 0 Å². The Hall–Kier alpha value is -3.27. The average molecular weight is 453 g/mol. The second-order valence-corrected chi connectivity index (χ2v) is 7.03. The highest BCUT2D eigenvalue weighted by Crippen LogP contribution is 2.34. The third-order valence-electron chi connectivity index (χ3n) is 4.77. The summed E-state index contributed by atoms with van der Waals surface area (Å²) in [5.41, 5.74) is 4.83. The Morgan fingerprint density at radius 1 is 0.938 bits per heavy atom. The molecular weight excluding hydrogens is 436 g/mol. The van der Waals surface area contributed by atoms with E-state index in [-0.39, 0.29) is 22.3 Å². The van der Waals surface area contributed by atoms with Gasteiger partial charge in [-0.3, -0.25) is 14.8 Å². The Balaban J connectivity index is 2.08. The Morgan fingerprint density at radius 3 is 2.16 bits per heavy atom. The maximum absolute atomic E-state index is 13.2. The molecule has 0 saturated heterocycles. The molecule has 0 aliphatic carbocycles. The molecule has 0 radical (unpaired) electrons. The summed E-state index contributed by atoms with van der Waals surface area (Å²) < 4.78 is 77.9. The van der Waals surface area contributed by atoms with Gasteiger partial charge in [-0.2, -0.15) is 26.3 Å². The van der Waals surface area contributed by atoms with Crippen molar-refractivity contribution in [2.75, 3.05) is 0 Å². The number of hydrogen-bond acceptors (Lipinski definition) is 4. The number of carbonyl (C=O) groups excluding carboxylic acids is 1. The molecule has 0 aliphatic heterocycles. The summed E-state index contributed by atoms with van der Waals surface area (Å²) in [6.45, 7) is 1.91. The van der Waals surface area contributed by atoms with Crippen LogP contribution < -0.4 is 5.73 Å². The van der Waals surface area contributed by atoms with Crippen LogP contribution in [0.25, 0.3) is 11.3 Å². The normalized spacial score (nSPS) is 13.1. The van der Waals surface area contributed by atoms with Gasteiger partial charge in [-0.05, 0) is 53.9 Å². The monoisotopic (exact) mass is 453 g/mol. The molecule has 2 N–H and O–H groups in total. The second-order valence-electron chi connectivity index (χ2n) is 7.03. The van der Waals surface area contributed by atoms with Gasteiger partial charge < -0.3 is 5.73 Å². The lowest BCUT2D eigenvalue weighted by Crippen LogP contribution is -2.28. The van der Waals surface area contributed by atoms with Crippen molar-refractivity contribution in [1.29, 1.82) is 0 Å². The van der Waals surface area contributed by atoms with Crippen molar-refractivity contribution in [3.05, 3.63) is 82.8 Å². The fourth-order valence-corrected chi connectivity index (χ4v) is 2.97. The highest BCUT2D eigenvalue weighted by Gasteiger charge is 2.38. The van der Waals surface area contributed by atoms with Crippen molar-refractivity contribution in [3.8, 4) is 11.3 Å². The molecule has 168 valence electrons. The van der Waals surface area contributed by atoms with E-state index in [0.717, 1.165) is 23.9 Å². The van der Waals surface area contributed by atoms with Crippen LogP contribution in [0.5, 0.6) is 0 Å². The first kappa shape index (κ1) is 23.4. The topological polar surface area (TPSA) is 68.9 Å². The highest BCUT2D eigenvalue weighted by molar-refractivity contribution is 6.09. The number of pyridine rings is 2. The molecule has 0 spiro atoms. The van der Waals surface area contributed by atoms with Gasteiger partial charge in [-0.15, -0.1) is 0 Å². The summed E-state index contributed by atoms with van der Waals surface area (Å²) in [7, 11) is 0. The Kier molecular flexibility index (Phi) is 6.36. The molecule has 0 amide bonds. The number of aryl methyl sites for hydroxylation is 1. The molecular formula is C22H17F6N3O. The predicted molar refractivity (Wildman–Crippen MR) is 105 cm³/mol. The fraction of sp³-hybridized carbons (Fsp3) is 0.227. The SMILES string of the molecule is CCc1ccc(-c2cc(C(=O)c3ccc(C(F)(F)F)nc3)cc(C(N)C(F)(F)F)c2)nc1. The first-order valence-corrected chi connectivity index (χ1v) is 9.40. The van der Waals surface area contributed by atoms with Crippen LogP contribution in [0, 0.1) is 0 Å². The number of ketones is 1. The molecule has 10 heteroatoms. The van der Waals surface area contributed by atoms with Crippen LogP contribution in [0.4, 0.5) is 26.3 Å². The Morgan fingerprint density at radius 2 is 1.66 bits per heavy atom. The minimum Gasteiger partial charge on any atom is -0.316 e. The van der Waals surface area contributed by atoms with E-state index in [4.69, 9.17) is 5.73 Å². The molecule has 0 bridgehead atoms. The van der Waals surface area contributed by atoms with Crippen LogP contribution in [0.1, 0.15) is 45.7 Å². The lowest BCUT2D eigenvalue weighted by atomic mass is 9.94. The summed E-state index contributed by atoms with van der Waals surface area (Å²) in [5, 5.41) is 0. The van der Waals surface area contributed by atoms with Crippen molar-refractivity contribution in [2.45, 2.75) is 31.7 Å². The van der Waals surface area contributed by atoms with E-state index in [2.05, 4.69) is 9.97 Å². The van der Waals surface area contributed by atoms with E-state index in [9.17, 15) is 31.1 Å². The standard InChI is InChI=1S/C22H17F6N3O/c1-2-12-3-5-17(30-10-12)14-7-15(9-16(8-14)20(29)22(26,27)28)19(32)13-4-6-18(31-11-13)21(23,24)25/h3-11,20H,2,29H2,1H3. The van der Waals surface area contributed by atoms with Gasteiger partial charge in [0.05, 0.1) is 5.69 Å². The van der Waals surface area contributed by atoms with Gasteiger partial charge >= 0.3 is 12.4 Å². The van der Waals surface area contributed by atoms with Gasteiger partial charge in [0.25, 0.3) is 0 Å². The zero-order valence-corrected chi connectivity index (χ0v) is 16.6. The Bertz CT molecular complexity index is 1110. The Labute approximate surface area is 179 Å². The number of halogens is 6. The second kappa shape index (κ2) is 8.70. The average Bonchev–Trinajstić information content (AvgIpc) is 2.76. The number of rotatable bonds is 5. The molecule has 1 aromatic carbocycles. The quantitative estimate of drug-likeness (QED) is 0.408. The van der Waals surface area contributed by atoms with Crippen LogP contribution in [0.2, 0.25) is 0 Å². The minimum absolute atomic E-state index is 0.180. The zero-order chi connectivity index (χ0) is 23.7. The van der Waals surface area contributed by atoms with Gasteiger partial charge in [-0.25, -0.2) is 0 Å². The largest absolute Gasteiger partial charge is 0.433 e. The van der Waals surface area contributed by atoms with E-state index in [0.29, 0.717) is 18.2 Å². The minimum atomic E-state index is -4.77. The number of aromatic nitrogens is 2. The van der Waals surface area contributed by atoms with E-state index in [1.807, 2.05) is 6.92 Å². The molecule has 2 aromatic heterocycles. The molecule has 4 nitrogen and oxygen atoms in total. The number of benzene rings is 1. The molecule has 0 saturated carbocycles.